The Kier molecular flexibility index (Phi) is 4.71. The number of fused-ring (bicyclic) bond motifs is 1. The van der Waals surface area contributed by atoms with Crippen LogP contribution in [0.1, 0.15) is 22.5 Å². The predicted octanol–water partition coefficient (Wildman–Crippen LogP) is 4.73. The fourth-order valence-corrected chi connectivity index (χ4v) is 4.74. The van der Waals surface area contributed by atoms with Gasteiger partial charge in [0.05, 0.1) is 10.2 Å². The van der Waals surface area contributed by atoms with E-state index in [2.05, 4.69) is 15.5 Å². The average molecular weight is 422 g/mol. The van der Waals surface area contributed by atoms with Gasteiger partial charge in [-0.3, -0.25) is 4.79 Å². The molecule has 1 amide bonds. The van der Waals surface area contributed by atoms with Crippen molar-refractivity contribution in [1.82, 2.24) is 15.0 Å². The molecule has 0 saturated carbocycles. The maximum atomic E-state index is 13.4. The average Bonchev–Trinajstić information content (AvgIpc) is 3.46. The van der Waals surface area contributed by atoms with Crippen LogP contribution in [0.25, 0.3) is 21.5 Å². The minimum atomic E-state index is -0.270. The Bertz CT molecular complexity index is 1220. The lowest BCUT2D eigenvalue weighted by atomic mass is 10.1. The predicted molar refractivity (Wildman–Crippen MR) is 114 cm³/mol. The van der Waals surface area contributed by atoms with Crippen LogP contribution in [-0.2, 0) is 0 Å². The highest BCUT2D eigenvalue weighted by Crippen LogP contribution is 2.30. The van der Waals surface area contributed by atoms with E-state index in [9.17, 15) is 9.18 Å². The third-order valence-electron chi connectivity index (χ3n) is 5.28. The molecule has 2 aromatic heterocycles. The minimum Gasteiger partial charge on any atom is -0.360 e. The highest BCUT2D eigenvalue weighted by Gasteiger charge is 2.31. The van der Waals surface area contributed by atoms with Gasteiger partial charge >= 0.3 is 0 Å². The number of nitrogens with zero attached hydrogens (tertiary/aromatic N) is 3. The third kappa shape index (κ3) is 3.43. The van der Waals surface area contributed by atoms with Crippen LogP contribution in [0, 0.1) is 12.7 Å². The summed E-state index contributed by atoms with van der Waals surface area (Å²) in [6, 6.07) is 14.2. The van der Waals surface area contributed by atoms with E-state index in [0.717, 1.165) is 27.3 Å². The first-order chi connectivity index (χ1) is 14.6. The highest BCUT2D eigenvalue weighted by molar-refractivity contribution is 7.22. The monoisotopic (exact) mass is 422 g/mol. The Morgan fingerprint density at radius 1 is 1.27 bits per heavy atom. The number of rotatable bonds is 4. The Hall–Kier alpha value is -3.26. The third-order valence-corrected chi connectivity index (χ3v) is 6.23. The number of amides is 1. The number of hydrogen-bond acceptors (Lipinski definition) is 6. The zero-order valence-electron chi connectivity index (χ0n) is 16.3. The van der Waals surface area contributed by atoms with E-state index in [4.69, 9.17) is 4.52 Å². The molecule has 1 aliphatic rings. The Balaban J connectivity index is 1.32. The topological polar surface area (TPSA) is 71.3 Å². The number of aryl methyl sites for hydroxylation is 1. The molecule has 1 N–H and O–H groups in total. The number of carbonyl (C=O) groups is 1. The van der Waals surface area contributed by atoms with Crippen LogP contribution in [0.5, 0.6) is 0 Å². The molecular formula is C22H19FN4O2S. The van der Waals surface area contributed by atoms with Crippen LogP contribution in [0.15, 0.2) is 53.1 Å². The van der Waals surface area contributed by atoms with Crippen LogP contribution >= 0.6 is 11.3 Å². The van der Waals surface area contributed by atoms with Crippen molar-refractivity contribution < 1.29 is 13.7 Å². The van der Waals surface area contributed by atoms with Gasteiger partial charge in [-0.2, -0.15) is 0 Å². The molecule has 1 saturated heterocycles. The van der Waals surface area contributed by atoms with Crippen molar-refractivity contribution >= 4 is 32.6 Å². The molecule has 8 heteroatoms. The van der Waals surface area contributed by atoms with Crippen molar-refractivity contribution in [2.75, 3.05) is 18.4 Å². The summed E-state index contributed by atoms with van der Waals surface area (Å²) >= 11 is 1.42. The molecule has 2 aromatic carbocycles. The number of halogens is 1. The van der Waals surface area contributed by atoms with Gasteiger partial charge in [-0.25, -0.2) is 9.37 Å². The van der Waals surface area contributed by atoms with Gasteiger partial charge in [-0.05, 0) is 31.5 Å². The van der Waals surface area contributed by atoms with Crippen LogP contribution in [0.4, 0.5) is 9.52 Å². The summed E-state index contributed by atoms with van der Waals surface area (Å²) in [4.78, 5) is 19.6. The van der Waals surface area contributed by atoms with E-state index in [1.807, 2.05) is 35.2 Å². The molecule has 152 valence electrons. The Morgan fingerprint density at radius 2 is 2.10 bits per heavy atom. The van der Waals surface area contributed by atoms with Crippen molar-refractivity contribution in [1.29, 1.82) is 0 Å². The molecule has 30 heavy (non-hydrogen) atoms. The molecular weight excluding hydrogens is 403 g/mol. The largest absolute Gasteiger partial charge is 0.360 e. The molecule has 6 nitrogen and oxygen atoms in total. The number of nitrogens with one attached hydrogen (secondary N) is 1. The fraction of sp³-hybridized carbons (Fsp3) is 0.227. The Morgan fingerprint density at radius 3 is 2.93 bits per heavy atom. The summed E-state index contributed by atoms with van der Waals surface area (Å²) < 4.78 is 19.6. The smallest absolute Gasteiger partial charge is 0.259 e. The maximum absolute atomic E-state index is 13.4. The molecule has 0 aliphatic carbocycles. The van der Waals surface area contributed by atoms with Crippen LogP contribution in [-0.4, -0.2) is 40.1 Å². The first kappa shape index (κ1) is 18.7. The van der Waals surface area contributed by atoms with Gasteiger partial charge in [0.25, 0.3) is 5.91 Å². The lowest BCUT2D eigenvalue weighted by Crippen LogP contribution is -2.32. The van der Waals surface area contributed by atoms with Crippen LogP contribution in [0.2, 0.25) is 0 Å². The number of hydrogen-bond donors (Lipinski definition) is 1. The summed E-state index contributed by atoms with van der Waals surface area (Å²) in [6.07, 6.45) is 0.807. The van der Waals surface area contributed by atoms with Gasteiger partial charge in [0.2, 0.25) is 0 Å². The van der Waals surface area contributed by atoms with Crippen molar-refractivity contribution in [3.8, 4) is 11.3 Å². The summed E-state index contributed by atoms with van der Waals surface area (Å²) in [6.45, 7) is 2.95. The van der Waals surface area contributed by atoms with E-state index < -0.39 is 0 Å². The molecule has 0 radical (unpaired) electrons. The lowest BCUT2D eigenvalue weighted by Gasteiger charge is -2.17. The highest BCUT2D eigenvalue weighted by atomic mass is 32.1. The van der Waals surface area contributed by atoms with Gasteiger partial charge in [-0.15, -0.1) is 0 Å². The molecule has 5 rings (SSSR count). The van der Waals surface area contributed by atoms with Gasteiger partial charge in [0.1, 0.15) is 22.8 Å². The normalized spacial score (nSPS) is 16.3. The number of anilines is 1. The van der Waals surface area contributed by atoms with Gasteiger partial charge in [0.15, 0.2) is 5.13 Å². The SMILES string of the molecule is Cc1onc(-c2ccccc2)c1C(=O)N1CC[C@@H](Nc2nc3ccc(F)cc3s2)C1. The van der Waals surface area contributed by atoms with Crippen molar-refractivity contribution in [3.05, 3.63) is 65.7 Å². The summed E-state index contributed by atoms with van der Waals surface area (Å²) in [5.41, 5.74) is 2.70. The number of thiazole rings is 1. The van der Waals surface area contributed by atoms with Crippen molar-refractivity contribution in [3.63, 3.8) is 0 Å². The second kappa shape index (κ2) is 7.53. The van der Waals surface area contributed by atoms with Crippen LogP contribution < -0.4 is 5.32 Å². The molecule has 1 atom stereocenters. The van der Waals surface area contributed by atoms with Crippen molar-refractivity contribution in [2.24, 2.45) is 0 Å². The van der Waals surface area contributed by atoms with E-state index in [1.165, 1.54) is 23.5 Å². The van der Waals surface area contributed by atoms with E-state index in [-0.39, 0.29) is 17.8 Å². The van der Waals surface area contributed by atoms with Gasteiger partial charge in [0, 0.05) is 24.7 Å². The summed E-state index contributed by atoms with van der Waals surface area (Å²) in [5, 5.41) is 8.25. The molecule has 0 unspecified atom stereocenters. The molecule has 0 spiro atoms. The molecule has 3 heterocycles. The zero-order valence-corrected chi connectivity index (χ0v) is 17.1. The van der Waals surface area contributed by atoms with Gasteiger partial charge < -0.3 is 14.7 Å². The standard InChI is InChI=1S/C22H19FN4O2S/c1-13-19(20(26-29-13)14-5-3-2-4-6-14)21(28)27-10-9-16(12-27)24-22-25-17-8-7-15(23)11-18(17)30-22/h2-8,11,16H,9-10,12H2,1H3,(H,24,25)/t16-/m1/s1. The minimum absolute atomic E-state index is 0.0803. The Labute approximate surface area is 176 Å². The first-order valence-electron chi connectivity index (χ1n) is 9.72. The number of aromatic nitrogens is 2. The second-order valence-corrected chi connectivity index (χ2v) is 8.37. The number of carbonyl (C=O) groups excluding carboxylic acids is 1. The molecule has 1 aliphatic heterocycles. The zero-order chi connectivity index (χ0) is 20.7. The van der Waals surface area contributed by atoms with E-state index in [0.29, 0.717) is 30.1 Å². The van der Waals surface area contributed by atoms with Crippen molar-refractivity contribution in [2.45, 2.75) is 19.4 Å². The molecule has 4 aromatic rings. The van der Waals surface area contributed by atoms with Gasteiger partial charge in [-0.1, -0.05) is 46.8 Å². The van der Waals surface area contributed by atoms with E-state index in [1.54, 1.807) is 13.0 Å². The lowest BCUT2D eigenvalue weighted by molar-refractivity contribution is 0.0790. The fourth-order valence-electron chi connectivity index (χ4n) is 3.77. The summed E-state index contributed by atoms with van der Waals surface area (Å²) in [5.74, 6) is 0.167. The summed E-state index contributed by atoms with van der Waals surface area (Å²) in [7, 11) is 0. The first-order valence-corrected chi connectivity index (χ1v) is 10.5. The molecule has 0 bridgehead atoms. The number of benzene rings is 2. The van der Waals surface area contributed by atoms with Crippen LogP contribution in [0.3, 0.4) is 0 Å². The number of likely N-dealkylation sites (tertiary alicyclic amines) is 1. The molecule has 1 fully saturated rings. The maximum Gasteiger partial charge on any atom is 0.259 e. The van der Waals surface area contributed by atoms with E-state index >= 15 is 0 Å². The quantitative estimate of drug-likeness (QED) is 0.515. The second-order valence-electron chi connectivity index (χ2n) is 7.34.